The third-order valence-corrected chi connectivity index (χ3v) is 7.56. The van der Waals surface area contributed by atoms with E-state index >= 15 is 0 Å². The number of anilines is 1. The van der Waals surface area contributed by atoms with Crippen molar-refractivity contribution in [3.8, 4) is 0 Å². The molecule has 2 fully saturated rings. The van der Waals surface area contributed by atoms with E-state index in [0.717, 1.165) is 50.1 Å². The number of fused-ring (bicyclic) bond motifs is 3. The van der Waals surface area contributed by atoms with E-state index in [1.807, 2.05) is 4.90 Å². The lowest BCUT2D eigenvalue weighted by Gasteiger charge is -2.34. The molecule has 168 valence electrons. The Kier molecular flexibility index (Phi) is 5.91. The molecule has 0 N–H and O–H groups in total. The van der Waals surface area contributed by atoms with E-state index in [4.69, 9.17) is 14.5 Å². The Morgan fingerprint density at radius 2 is 2.00 bits per heavy atom. The number of carbonyl (C=O) groups excluding carboxylic acids is 1. The molecule has 1 aliphatic carbocycles. The van der Waals surface area contributed by atoms with Gasteiger partial charge in [-0.1, -0.05) is 19.3 Å². The second kappa shape index (κ2) is 8.81. The molecule has 3 aliphatic rings. The Morgan fingerprint density at radius 3 is 2.74 bits per heavy atom. The smallest absolute Gasteiger partial charge is 0.414 e. The van der Waals surface area contributed by atoms with Crippen molar-refractivity contribution in [2.45, 2.75) is 83.2 Å². The number of aryl methyl sites for hydroxylation is 1. The highest BCUT2D eigenvalue weighted by atomic mass is 16.5. The van der Waals surface area contributed by atoms with Gasteiger partial charge in [-0.3, -0.25) is 4.90 Å². The van der Waals surface area contributed by atoms with Crippen LogP contribution in [-0.4, -0.2) is 42.0 Å². The molecule has 1 aromatic heterocycles. The van der Waals surface area contributed by atoms with Gasteiger partial charge in [-0.15, -0.1) is 0 Å². The summed E-state index contributed by atoms with van der Waals surface area (Å²) in [5, 5.41) is 0. The second-order valence-electron chi connectivity index (χ2n) is 9.64. The Labute approximate surface area is 184 Å². The third-order valence-electron chi connectivity index (χ3n) is 7.56. The van der Waals surface area contributed by atoms with Crippen molar-refractivity contribution in [2.75, 3.05) is 25.2 Å². The Hall–Kier alpha value is -2.08. The number of benzene rings is 1. The van der Waals surface area contributed by atoms with Crippen LogP contribution in [0.5, 0.6) is 0 Å². The van der Waals surface area contributed by atoms with Crippen LogP contribution in [0, 0.1) is 5.92 Å². The summed E-state index contributed by atoms with van der Waals surface area (Å²) in [6.45, 7) is 3.84. The molecular weight excluding hydrogens is 390 g/mol. The number of aromatic nitrogens is 2. The van der Waals surface area contributed by atoms with Crippen molar-refractivity contribution in [1.82, 2.24) is 9.55 Å². The third kappa shape index (κ3) is 3.84. The number of nitrogens with zero attached hydrogens (tertiary/aromatic N) is 3. The largest absolute Gasteiger partial charge is 0.452 e. The van der Waals surface area contributed by atoms with Crippen LogP contribution in [0.25, 0.3) is 11.0 Å². The highest BCUT2D eigenvalue weighted by Gasteiger charge is 2.32. The van der Waals surface area contributed by atoms with E-state index in [9.17, 15) is 4.79 Å². The summed E-state index contributed by atoms with van der Waals surface area (Å²) in [6, 6.07) is 5.00. The van der Waals surface area contributed by atoms with Crippen molar-refractivity contribution in [2.24, 2.45) is 5.92 Å². The van der Waals surface area contributed by atoms with Gasteiger partial charge in [0.15, 0.2) is 0 Å². The fourth-order valence-corrected chi connectivity index (χ4v) is 5.94. The van der Waals surface area contributed by atoms with Crippen LogP contribution in [-0.2, 0) is 22.3 Å². The fraction of sp³-hybridized carbons (Fsp3) is 0.680. The van der Waals surface area contributed by atoms with Crippen LogP contribution in [0.3, 0.4) is 0 Å². The van der Waals surface area contributed by atoms with E-state index in [2.05, 4.69) is 23.6 Å². The molecule has 0 radical (unpaired) electrons. The summed E-state index contributed by atoms with van der Waals surface area (Å²) in [5.41, 5.74) is 4.52. The minimum absolute atomic E-state index is 0.136. The van der Waals surface area contributed by atoms with Crippen molar-refractivity contribution in [1.29, 1.82) is 0 Å². The number of carbonyl (C=O) groups is 1. The van der Waals surface area contributed by atoms with E-state index in [0.29, 0.717) is 12.0 Å². The van der Waals surface area contributed by atoms with E-state index in [1.54, 1.807) is 0 Å². The topological polar surface area (TPSA) is 56.6 Å². The molecule has 1 amide bonds. The van der Waals surface area contributed by atoms with Crippen molar-refractivity contribution < 1.29 is 14.3 Å². The summed E-state index contributed by atoms with van der Waals surface area (Å²) in [4.78, 5) is 19.6. The summed E-state index contributed by atoms with van der Waals surface area (Å²) in [5.74, 6) is 1.77. The SMILES string of the molecule is COC(=O)N1c2ccc3c(nc(C[C@H]4CCCOC4)n3C3CCCCC3)c2CC[C@@H]1C. The Morgan fingerprint density at radius 1 is 1.16 bits per heavy atom. The molecule has 2 aromatic rings. The summed E-state index contributed by atoms with van der Waals surface area (Å²) in [7, 11) is 1.46. The van der Waals surface area contributed by atoms with Crippen LogP contribution in [0.15, 0.2) is 12.1 Å². The Balaban J connectivity index is 1.60. The zero-order chi connectivity index (χ0) is 21.4. The molecular formula is C25H35N3O3. The van der Waals surface area contributed by atoms with Gasteiger partial charge in [-0.05, 0) is 63.5 Å². The molecule has 1 saturated carbocycles. The number of hydrogen-bond acceptors (Lipinski definition) is 4. The molecule has 5 rings (SSSR count). The molecule has 6 nitrogen and oxygen atoms in total. The molecule has 1 aromatic carbocycles. The quantitative estimate of drug-likeness (QED) is 0.659. The van der Waals surface area contributed by atoms with Gasteiger partial charge in [0.05, 0.1) is 23.8 Å². The van der Waals surface area contributed by atoms with Crippen molar-refractivity contribution in [3.63, 3.8) is 0 Å². The molecule has 0 unspecified atom stereocenters. The van der Waals surface area contributed by atoms with Gasteiger partial charge < -0.3 is 14.0 Å². The lowest BCUT2D eigenvalue weighted by molar-refractivity contribution is 0.0538. The lowest BCUT2D eigenvalue weighted by atomic mass is 9.93. The number of imidazole rings is 1. The zero-order valence-corrected chi connectivity index (χ0v) is 18.9. The van der Waals surface area contributed by atoms with Gasteiger partial charge in [0.25, 0.3) is 0 Å². The van der Waals surface area contributed by atoms with Crippen molar-refractivity contribution in [3.05, 3.63) is 23.5 Å². The summed E-state index contributed by atoms with van der Waals surface area (Å²) < 4.78 is 13.4. The number of amides is 1. The number of rotatable bonds is 3. The van der Waals surface area contributed by atoms with Gasteiger partial charge >= 0.3 is 6.09 Å². The lowest BCUT2D eigenvalue weighted by Crippen LogP contribution is -2.42. The minimum atomic E-state index is -0.279. The predicted octanol–water partition coefficient (Wildman–Crippen LogP) is 5.42. The first-order valence-electron chi connectivity index (χ1n) is 12.1. The fourth-order valence-electron chi connectivity index (χ4n) is 5.94. The first-order valence-corrected chi connectivity index (χ1v) is 12.1. The average molecular weight is 426 g/mol. The minimum Gasteiger partial charge on any atom is -0.452 e. The van der Waals surface area contributed by atoms with Crippen LogP contribution in [0.2, 0.25) is 0 Å². The normalized spacial score (nSPS) is 24.9. The summed E-state index contributed by atoms with van der Waals surface area (Å²) in [6.07, 6.45) is 11.4. The highest BCUT2D eigenvalue weighted by Crippen LogP contribution is 2.40. The number of hydrogen-bond donors (Lipinski definition) is 0. The maximum absolute atomic E-state index is 12.5. The maximum atomic E-state index is 12.5. The van der Waals surface area contributed by atoms with E-state index in [-0.39, 0.29) is 12.1 Å². The van der Waals surface area contributed by atoms with E-state index < -0.39 is 0 Å². The van der Waals surface area contributed by atoms with Crippen LogP contribution in [0.4, 0.5) is 10.5 Å². The standard InChI is InChI=1S/C25H35N3O3/c1-17-10-11-20-21(27(17)25(29)30-2)12-13-22-24(20)26-23(15-18-7-6-14-31-16-18)28(22)19-8-4-3-5-9-19/h12-13,17-19H,3-11,14-16H2,1-2H3/t17-,18+/m0/s1. The van der Waals surface area contributed by atoms with Crippen molar-refractivity contribution >= 4 is 22.8 Å². The van der Waals surface area contributed by atoms with E-state index in [1.165, 1.54) is 62.5 Å². The van der Waals surface area contributed by atoms with Crippen LogP contribution < -0.4 is 4.90 Å². The molecule has 31 heavy (non-hydrogen) atoms. The first-order chi connectivity index (χ1) is 15.2. The molecule has 3 heterocycles. The average Bonchev–Trinajstić information content (AvgIpc) is 3.17. The maximum Gasteiger partial charge on any atom is 0.414 e. The van der Waals surface area contributed by atoms with Gasteiger partial charge in [-0.25, -0.2) is 9.78 Å². The molecule has 6 heteroatoms. The van der Waals surface area contributed by atoms with Gasteiger partial charge in [0.1, 0.15) is 5.82 Å². The molecule has 2 atom stereocenters. The second-order valence-corrected chi connectivity index (χ2v) is 9.64. The predicted molar refractivity (Wildman–Crippen MR) is 122 cm³/mol. The monoisotopic (exact) mass is 425 g/mol. The number of ether oxygens (including phenoxy) is 2. The van der Waals surface area contributed by atoms with Crippen LogP contribution in [0.1, 0.15) is 75.7 Å². The first kappa shape index (κ1) is 20.8. The summed E-state index contributed by atoms with van der Waals surface area (Å²) >= 11 is 0. The number of methoxy groups -OCH3 is 1. The zero-order valence-electron chi connectivity index (χ0n) is 18.9. The highest BCUT2D eigenvalue weighted by molar-refractivity contribution is 5.95. The molecule has 1 saturated heterocycles. The Bertz CT molecular complexity index is 941. The van der Waals surface area contributed by atoms with Gasteiger partial charge in [-0.2, -0.15) is 0 Å². The molecule has 0 spiro atoms. The van der Waals surface area contributed by atoms with Gasteiger partial charge in [0, 0.05) is 37.3 Å². The molecule has 2 aliphatic heterocycles. The van der Waals surface area contributed by atoms with Crippen LogP contribution >= 0.6 is 0 Å². The van der Waals surface area contributed by atoms with Gasteiger partial charge in [0.2, 0.25) is 0 Å². The molecule has 0 bridgehead atoms.